The van der Waals surface area contributed by atoms with Gasteiger partial charge in [-0.2, -0.15) is 0 Å². The largest absolute Gasteiger partial charge is 0.466 e. The van der Waals surface area contributed by atoms with Gasteiger partial charge in [0.1, 0.15) is 12.5 Å². The van der Waals surface area contributed by atoms with E-state index in [2.05, 4.69) is 5.73 Å². The van der Waals surface area contributed by atoms with Crippen molar-refractivity contribution in [1.29, 1.82) is 0 Å². The Hall–Kier alpha value is -1.06. The molecule has 0 saturated carbocycles. The van der Waals surface area contributed by atoms with Gasteiger partial charge in [-0.1, -0.05) is 23.7 Å². The molecule has 0 radical (unpaired) electrons. The Balaban J connectivity index is 2.60. The minimum absolute atomic E-state index is 0.109. The molecule has 82 valence electrons. The maximum Gasteiger partial charge on any atom is 0.312 e. The van der Waals surface area contributed by atoms with Crippen LogP contribution in [0.5, 0.6) is 0 Å². The molecule has 1 rings (SSSR count). The van der Waals surface area contributed by atoms with Crippen molar-refractivity contribution in [2.75, 3.05) is 6.61 Å². The molecule has 0 unspecified atom stereocenters. The summed E-state index contributed by atoms with van der Waals surface area (Å²) in [6.45, 7) is 2.19. The highest BCUT2D eigenvalue weighted by Crippen LogP contribution is 2.17. The van der Waals surface area contributed by atoms with Crippen molar-refractivity contribution in [1.82, 2.24) is 0 Å². The van der Waals surface area contributed by atoms with E-state index in [0.29, 0.717) is 11.6 Å². The summed E-state index contributed by atoms with van der Waals surface area (Å²) in [5, 5.41) is 0.657. The molecule has 0 aliphatic rings. The fraction of sp³-hybridized carbons (Fsp3) is 0.364. The highest BCUT2D eigenvalue weighted by atomic mass is 35.5. The van der Waals surface area contributed by atoms with Crippen LogP contribution < -0.4 is 5.73 Å². The topological polar surface area (TPSA) is 53.9 Å². The molecule has 0 amide bonds. The Morgan fingerprint density at radius 2 is 2.33 bits per heavy atom. The van der Waals surface area contributed by atoms with E-state index in [9.17, 15) is 4.79 Å². The molecule has 4 heteroatoms. The highest BCUT2D eigenvalue weighted by Gasteiger charge is 2.15. The number of esters is 1. The molecule has 0 aliphatic heterocycles. The van der Waals surface area contributed by atoms with Crippen molar-refractivity contribution in [2.45, 2.75) is 19.4 Å². The van der Waals surface area contributed by atoms with Crippen molar-refractivity contribution >= 4 is 17.6 Å². The van der Waals surface area contributed by atoms with Crippen molar-refractivity contribution < 1.29 is 15.3 Å². The second-order valence-electron chi connectivity index (χ2n) is 3.26. The quantitative estimate of drug-likeness (QED) is 0.796. The zero-order valence-corrected chi connectivity index (χ0v) is 9.46. The summed E-state index contributed by atoms with van der Waals surface area (Å²) in [6, 6.07) is 7.26. The first-order valence-electron chi connectivity index (χ1n) is 4.87. The maximum absolute atomic E-state index is 11.2. The van der Waals surface area contributed by atoms with Gasteiger partial charge < -0.3 is 10.5 Å². The summed E-state index contributed by atoms with van der Waals surface area (Å²) in [5.74, 6) is -0.225. The van der Waals surface area contributed by atoms with Crippen LogP contribution in [0.2, 0.25) is 5.02 Å². The summed E-state index contributed by atoms with van der Waals surface area (Å²) < 4.78 is 4.85. The monoisotopic (exact) mass is 228 g/mol. The summed E-state index contributed by atoms with van der Waals surface area (Å²) in [4.78, 5) is 11.2. The molecule has 0 aliphatic carbocycles. The lowest BCUT2D eigenvalue weighted by molar-refractivity contribution is -0.425. The van der Waals surface area contributed by atoms with Crippen LogP contribution in [0.15, 0.2) is 24.3 Å². The smallest absolute Gasteiger partial charge is 0.312 e. The Morgan fingerprint density at radius 1 is 1.60 bits per heavy atom. The number of carbonyl (C=O) groups excluding carboxylic acids is 1. The van der Waals surface area contributed by atoms with E-state index in [-0.39, 0.29) is 18.4 Å². The molecule has 1 aromatic carbocycles. The van der Waals surface area contributed by atoms with E-state index in [1.54, 1.807) is 13.0 Å². The summed E-state index contributed by atoms with van der Waals surface area (Å²) in [6.07, 6.45) is 0.286. The average Bonchev–Trinajstić information content (AvgIpc) is 2.18. The van der Waals surface area contributed by atoms with Crippen molar-refractivity contribution in [3.8, 4) is 0 Å². The number of quaternary nitrogens is 1. The number of hydrogen-bond donors (Lipinski definition) is 1. The number of halogens is 1. The number of carbonyl (C=O) groups is 1. The van der Waals surface area contributed by atoms with E-state index in [1.807, 2.05) is 18.2 Å². The molecular weight excluding hydrogens is 214 g/mol. The highest BCUT2D eigenvalue weighted by molar-refractivity contribution is 6.30. The van der Waals surface area contributed by atoms with E-state index in [0.717, 1.165) is 5.56 Å². The van der Waals surface area contributed by atoms with Crippen molar-refractivity contribution in [3.63, 3.8) is 0 Å². The van der Waals surface area contributed by atoms with Crippen molar-refractivity contribution in [2.24, 2.45) is 0 Å². The van der Waals surface area contributed by atoms with Gasteiger partial charge in [-0.15, -0.1) is 0 Å². The second-order valence-corrected chi connectivity index (χ2v) is 3.70. The van der Waals surface area contributed by atoms with Crippen molar-refractivity contribution in [3.05, 3.63) is 34.9 Å². The first kappa shape index (κ1) is 12.0. The third-order valence-corrected chi connectivity index (χ3v) is 2.27. The zero-order valence-electron chi connectivity index (χ0n) is 8.70. The standard InChI is InChI=1S/C11H14ClNO2/c1-2-15-11(14)7-10(13)8-4-3-5-9(12)6-8/h3-6,10H,2,7,13H2,1H3/p+1/t10-/m0/s1. The molecule has 0 spiro atoms. The van der Waals surface area contributed by atoms with Gasteiger partial charge in [0, 0.05) is 10.6 Å². The van der Waals surface area contributed by atoms with E-state index in [4.69, 9.17) is 16.3 Å². The second kappa shape index (κ2) is 5.73. The first-order valence-corrected chi connectivity index (χ1v) is 5.25. The first-order chi connectivity index (χ1) is 7.13. The summed E-state index contributed by atoms with van der Waals surface area (Å²) >= 11 is 5.84. The molecule has 1 aromatic rings. The molecule has 1 atom stereocenters. The SMILES string of the molecule is CCOC(=O)C[C@H]([NH3+])c1cccc(Cl)c1. The van der Waals surface area contributed by atoms with Gasteiger partial charge in [0.25, 0.3) is 0 Å². The number of hydrogen-bond acceptors (Lipinski definition) is 2. The van der Waals surface area contributed by atoms with Gasteiger partial charge in [0.05, 0.1) is 6.61 Å². The summed E-state index contributed by atoms with van der Waals surface area (Å²) in [7, 11) is 0. The predicted octanol–water partition coefficient (Wildman–Crippen LogP) is 1.58. The Kier molecular flexibility index (Phi) is 4.59. The lowest BCUT2D eigenvalue weighted by atomic mass is 10.1. The molecular formula is C11H15ClNO2+. The van der Waals surface area contributed by atoms with Gasteiger partial charge in [0.15, 0.2) is 0 Å². The summed E-state index contributed by atoms with van der Waals surface area (Å²) in [5.41, 5.74) is 4.87. The van der Waals surface area contributed by atoms with Crippen LogP contribution >= 0.6 is 11.6 Å². The Bertz CT molecular complexity index is 341. The van der Waals surface area contributed by atoms with Crippen LogP contribution in [0.3, 0.4) is 0 Å². The van der Waals surface area contributed by atoms with Crippen LogP contribution in [0.25, 0.3) is 0 Å². The molecule has 0 heterocycles. The van der Waals surface area contributed by atoms with Gasteiger partial charge in [-0.3, -0.25) is 4.79 Å². The van der Waals surface area contributed by atoms with E-state index in [1.165, 1.54) is 0 Å². The molecule has 0 bridgehead atoms. The number of ether oxygens (including phenoxy) is 1. The Morgan fingerprint density at radius 3 is 2.93 bits per heavy atom. The lowest BCUT2D eigenvalue weighted by Gasteiger charge is -2.08. The molecule has 0 saturated heterocycles. The molecule has 0 aromatic heterocycles. The van der Waals surface area contributed by atoms with Crippen LogP contribution in [-0.2, 0) is 9.53 Å². The van der Waals surface area contributed by atoms with Gasteiger partial charge in [-0.25, -0.2) is 0 Å². The van der Waals surface area contributed by atoms with Gasteiger partial charge >= 0.3 is 5.97 Å². The van der Waals surface area contributed by atoms with E-state index < -0.39 is 0 Å². The fourth-order valence-corrected chi connectivity index (χ4v) is 1.50. The van der Waals surface area contributed by atoms with E-state index >= 15 is 0 Å². The van der Waals surface area contributed by atoms with Crippen LogP contribution in [-0.4, -0.2) is 12.6 Å². The van der Waals surface area contributed by atoms with Gasteiger partial charge in [-0.05, 0) is 19.1 Å². The minimum atomic E-state index is -0.225. The lowest BCUT2D eigenvalue weighted by Crippen LogP contribution is -2.54. The normalized spacial score (nSPS) is 12.2. The molecule has 3 N–H and O–H groups in total. The minimum Gasteiger partial charge on any atom is -0.466 e. The molecule has 3 nitrogen and oxygen atoms in total. The van der Waals surface area contributed by atoms with Crippen LogP contribution in [0.4, 0.5) is 0 Å². The van der Waals surface area contributed by atoms with Crippen LogP contribution in [0.1, 0.15) is 24.9 Å². The number of benzene rings is 1. The Labute approximate surface area is 94.2 Å². The van der Waals surface area contributed by atoms with Crippen LogP contribution in [0, 0.1) is 0 Å². The zero-order chi connectivity index (χ0) is 11.3. The maximum atomic E-state index is 11.2. The van der Waals surface area contributed by atoms with Gasteiger partial charge in [0.2, 0.25) is 0 Å². The number of rotatable bonds is 4. The molecule has 0 fully saturated rings. The fourth-order valence-electron chi connectivity index (χ4n) is 1.30. The average molecular weight is 229 g/mol. The molecule has 15 heavy (non-hydrogen) atoms. The third kappa shape index (κ3) is 3.90. The predicted molar refractivity (Wildman–Crippen MR) is 58.3 cm³/mol. The third-order valence-electron chi connectivity index (χ3n) is 2.04.